The van der Waals surface area contributed by atoms with E-state index in [9.17, 15) is 4.79 Å². The molecule has 1 fully saturated rings. The van der Waals surface area contributed by atoms with Crippen LogP contribution in [0.2, 0.25) is 0 Å². The van der Waals surface area contributed by atoms with Gasteiger partial charge in [0.05, 0.1) is 0 Å². The maximum Gasteiger partial charge on any atom is 0.224 e. The molecule has 0 aliphatic carbocycles. The molecule has 1 atom stereocenters. The number of rotatable bonds is 3. The number of likely N-dealkylation sites (tertiary alicyclic amines) is 1. The molecule has 0 radical (unpaired) electrons. The standard InChI is InChI=1S/C10H14N4O/c11-8-5-10(15)14(6-8)4-2-9-1-3-12-7-13-9/h1,3,7-8H,2,4-6,11H2. The summed E-state index contributed by atoms with van der Waals surface area (Å²) in [5.74, 6) is 0.150. The van der Waals surface area contributed by atoms with Crippen molar-refractivity contribution in [3.05, 3.63) is 24.3 Å². The molecule has 2 N–H and O–H groups in total. The van der Waals surface area contributed by atoms with Crippen molar-refractivity contribution in [1.82, 2.24) is 14.9 Å². The molecule has 1 amide bonds. The Morgan fingerprint density at radius 1 is 1.60 bits per heavy atom. The molecule has 0 spiro atoms. The van der Waals surface area contributed by atoms with Gasteiger partial charge in [-0.25, -0.2) is 9.97 Å². The Balaban J connectivity index is 1.86. The molecule has 1 aliphatic rings. The van der Waals surface area contributed by atoms with Crippen LogP contribution in [0.25, 0.3) is 0 Å². The van der Waals surface area contributed by atoms with Crippen LogP contribution in [0, 0.1) is 0 Å². The van der Waals surface area contributed by atoms with Crippen LogP contribution in [-0.4, -0.2) is 39.9 Å². The lowest BCUT2D eigenvalue weighted by Gasteiger charge is -2.15. The van der Waals surface area contributed by atoms with E-state index in [-0.39, 0.29) is 11.9 Å². The molecule has 5 nitrogen and oxygen atoms in total. The number of carbonyl (C=O) groups is 1. The summed E-state index contributed by atoms with van der Waals surface area (Å²) in [6.07, 6.45) is 4.47. The van der Waals surface area contributed by atoms with Crippen molar-refractivity contribution in [3.8, 4) is 0 Å². The van der Waals surface area contributed by atoms with Crippen molar-refractivity contribution < 1.29 is 4.79 Å². The third kappa shape index (κ3) is 2.50. The zero-order valence-corrected chi connectivity index (χ0v) is 8.47. The topological polar surface area (TPSA) is 72.1 Å². The van der Waals surface area contributed by atoms with E-state index in [0.29, 0.717) is 19.5 Å². The molecule has 80 valence electrons. The molecule has 1 aromatic rings. The maximum absolute atomic E-state index is 11.4. The zero-order chi connectivity index (χ0) is 10.7. The van der Waals surface area contributed by atoms with Crippen molar-refractivity contribution in [3.63, 3.8) is 0 Å². The first-order chi connectivity index (χ1) is 7.25. The Morgan fingerprint density at radius 2 is 2.47 bits per heavy atom. The average Bonchev–Trinajstić information content (AvgIpc) is 2.56. The van der Waals surface area contributed by atoms with Gasteiger partial charge in [-0.3, -0.25) is 4.79 Å². The predicted octanol–water partition coefficient (Wildman–Crippen LogP) is -0.421. The van der Waals surface area contributed by atoms with E-state index in [2.05, 4.69) is 9.97 Å². The van der Waals surface area contributed by atoms with Gasteiger partial charge in [0.1, 0.15) is 6.33 Å². The van der Waals surface area contributed by atoms with Crippen molar-refractivity contribution in [2.75, 3.05) is 13.1 Å². The summed E-state index contributed by atoms with van der Waals surface area (Å²) >= 11 is 0. The van der Waals surface area contributed by atoms with Gasteiger partial charge in [0.2, 0.25) is 5.91 Å². The highest BCUT2D eigenvalue weighted by atomic mass is 16.2. The highest BCUT2D eigenvalue weighted by Gasteiger charge is 2.26. The molecule has 5 heteroatoms. The van der Waals surface area contributed by atoms with E-state index < -0.39 is 0 Å². The Labute approximate surface area is 88.3 Å². The minimum absolute atomic E-state index is 0.00268. The van der Waals surface area contributed by atoms with Crippen molar-refractivity contribution >= 4 is 5.91 Å². The van der Waals surface area contributed by atoms with Crippen molar-refractivity contribution in [1.29, 1.82) is 0 Å². The first kappa shape index (κ1) is 10.0. The minimum atomic E-state index is 0.00268. The summed E-state index contributed by atoms with van der Waals surface area (Å²) in [7, 11) is 0. The molecule has 1 saturated heterocycles. The quantitative estimate of drug-likeness (QED) is 0.729. The fourth-order valence-electron chi connectivity index (χ4n) is 1.73. The number of hydrogen-bond acceptors (Lipinski definition) is 4. The summed E-state index contributed by atoms with van der Waals surface area (Å²) in [6.45, 7) is 1.37. The lowest BCUT2D eigenvalue weighted by atomic mass is 10.3. The van der Waals surface area contributed by atoms with Gasteiger partial charge in [0, 0.05) is 43.9 Å². The fourth-order valence-corrected chi connectivity index (χ4v) is 1.73. The van der Waals surface area contributed by atoms with Crippen LogP contribution in [0.15, 0.2) is 18.6 Å². The number of amides is 1. The second-order valence-corrected chi connectivity index (χ2v) is 3.75. The lowest BCUT2D eigenvalue weighted by Crippen LogP contribution is -2.30. The largest absolute Gasteiger partial charge is 0.341 e. The van der Waals surface area contributed by atoms with Crippen LogP contribution in [0.5, 0.6) is 0 Å². The summed E-state index contributed by atoms with van der Waals surface area (Å²) in [5, 5.41) is 0. The van der Waals surface area contributed by atoms with Gasteiger partial charge >= 0.3 is 0 Å². The van der Waals surface area contributed by atoms with Gasteiger partial charge in [-0.2, -0.15) is 0 Å². The number of nitrogens with two attached hydrogens (primary N) is 1. The van der Waals surface area contributed by atoms with Gasteiger partial charge < -0.3 is 10.6 Å². The van der Waals surface area contributed by atoms with Crippen LogP contribution in [-0.2, 0) is 11.2 Å². The average molecular weight is 206 g/mol. The number of aromatic nitrogens is 2. The summed E-state index contributed by atoms with van der Waals surface area (Å²) < 4.78 is 0. The Kier molecular flexibility index (Phi) is 2.91. The van der Waals surface area contributed by atoms with Crippen LogP contribution in [0.1, 0.15) is 12.1 Å². The van der Waals surface area contributed by atoms with E-state index >= 15 is 0 Å². The molecule has 2 rings (SSSR count). The van der Waals surface area contributed by atoms with Gasteiger partial charge in [-0.1, -0.05) is 0 Å². The third-order valence-electron chi connectivity index (χ3n) is 2.53. The van der Waals surface area contributed by atoms with Crippen LogP contribution >= 0.6 is 0 Å². The Hall–Kier alpha value is -1.49. The second-order valence-electron chi connectivity index (χ2n) is 3.75. The number of carbonyl (C=O) groups excluding carboxylic acids is 1. The first-order valence-electron chi connectivity index (χ1n) is 5.04. The highest BCUT2D eigenvalue weighted by Crippen LogP contribution is 2.09. The molecule has 0 aromatic carbocycles. The molecular formula is C10H14N4O. The van der Waals surface area contributed by atoms with E-state index in [1.807, 2.05) is 6.07 Å². The molecule has 0 bridgehead atoms. The van der Waals surface area contributed by atoms with Gasteiger partial charge in [0.15, 0.2) is 0 Å². The molecular weight excluding hydrogens is 192 g/mol. The van der Waals surface area contributed by atoms with Crippen molar-refractivity contribution in [2.24, 2.45) is 5.73 Å². The smallest absolute Gasteiger partial charge is 0.224 e. The zero-order valence-electron chi connectivity index (χ0n) is 8.47. The Morgan fingerprint density at radius 3 is 3.07 bits per heavy atom. The lowest BCUT2D eigenvalue weighted by molar-refractivity contribution is -0.127. The Bertz CT molecular complexity index is 341. The number of nitrogens with zero attached hydrogens (tertiary/aromatic N) is 3. The van der Waals surface area contributed by atoms with Crippen LogP contribution in [0.4, 0.5) is 0 Å². The van der Waals surface area contributed by atoms with Gasteiger partial charge in [-0.05, 0) is 6.07 Å². The SMILES string of the molecule is NC1CC(=O)N(CCc2ccncn2)C1. The van der Waals surface area contributed by atoms with Crippen LogP contribution < -0.4 is 5.73 Å². The van der Waals surface area contributed by atoms with E-state index in [4.69, 9.17) is 5.73 Å². The summed E-state index contributed by atoms with van der Waals surface area (Å²) in [5.41, 5.74) is 6.65. The predicted molar refractivity (Wildman–Crippen MR) is 54.9 cm³/mol. The number of hydrogen-bond donors (Lipinski definition) is 1. The van der Waals surface area contributed by atoms with E-state index in [1.165, 1.54) is 6.33 Å². The third-order valence-corrected chi connectivity index (χ3v) is 2.53. The van der Waals surface area contributed by atoms with Crippen LogP contribution in [0.3, 0.4) is 0 Å². The molecule has 0 saturated carbocycles. The molecule has 1 aromatic heterocycles. The summed E-state index contributed by atoms with van der Waals surface area (Å²) in [4.78, 5) is 21.2. The second kappa shape index (κ2) is 4.35. The summed E-state index contributed by atoms with van der Waals surface area (Å²) in [6, 6.07) is 1.86. The maximum atomic E-state index is 11.4. The monoisotopic (exact) mass is 206 g/mol. The molecule has 1 aliphatic heterocycles. The van der Waals surface area contributed by atoms with E-state index in [0.717, 1.165) is 12.1 Å². The highest BCUT2D eigenvalue weighted by molar-refractivity contribution is 5.79. The first-order valence-corrected chi connectivity index (χ1v) is 5.04. The van der Waals surface area contributed by atoms with Gasteiger partial charge in [0.25, 0.3) is 0 Å². The fraction of sp³-hybridized carbons (Fsp3) is 0.500. The normalized spacial score (nSPS) is 21.0. The molecule has 2 heterocycles. The molecule has 1 unspecified atom stereocenters. The van der Waals surface area contributed by atoms with Crippen molar-refractivity contribution in [2.45, 2.75) is 18.9 Å². The van der Waals surface area contributed by atoms with E-state index in [1.54, 1.807) is 11.1 Å². The minimum Gasteiger partial charge on any atom is -0.341 e. The van der Waals surface area contributed by atoms with Gasteiger partial charge in [-0.15, -0.1) is 0 Å². The molecule has 15 heavy (non-hydrogen) atoms.